The van der Waals surface area contributed by atoms with Gasteiger partial charge in [-0.25, -0.2) is 4.98 Å². The molecule has 2 rings (SSSR count). The zero-order chi connectivity index (χ0) is 23.9. The lowest BCUT2D eigenvalue weighted by Gasteiger charge is -2.14. The number of nitrogens with one attached hydrogen (secondary N) is 1. The van der Waals surface area contributed by atoms with Crippen LogP contribution in [0.4, 0.5) is 19.0 Å². The Morgan fingerprint density at radius 3 is 2.19 bits per heavy atom. The van der Waals surface area contributed by atoms with E-state index in [-0.39, 0.29) is 18.7 Å². The maximum Gasteiger partial charge on any atom is 0.417 e. The molecular formula is C20H20ClF3N2O6. The van der Waals surface area contributed by atoms with Gasteiger partial charge in [0.2, 0.25) is 5.75 Å². The molecule has 1 heterocycles. The molecule has 0 radical (unpaired) electrons. The van der Waals surface area contributed by atoms with Gasteiger partial charge in [0, 0.05) is 12.6 Å². The second-order valence-corrected chi connectivity index (χ2v) is 6.70. The first-order chi connectivity index (χ1) is 15.1. The maximum absolute atomic E-state index is 12.6. The van der Waals surface area contributed by atoms with Crippen LogP contribution in [-0.2, 0) is 26.9 Å². The minimum Gasteiger partial charge on any atom is -0.493 e. The molecule has 0 aliphatic carbocycles. The molecule has 12 heteroatoms. The number of aryl methyl sites for hydroxylation is 1. The van der Waals surface area contributed by atoms with Crippen molar-refractivity contribution in [1.29, 1.82) is 0 Å². The van der Waals surface area contributed by atoms with Crippen LogP contribution in [0.2, 0.25) is 5.02 Å². The molecule has 2 aromatic rings. The molecule has 0 aliphatic heterocycles. The molecule has 1 aromatic carbocycles. The molecule has 0 aliphatic rings. The predicted molar refractivity (Wildman–Crippen MR) is 108 cm³/mol. The summed E-state index contributed by atoms with van der Waals surface area (Å²) >= 11 is 5.72. The van der Waals surface area contributed by atoms with Crippen LogP contribution in [0.3, 0.4) is 0 Å². The number of carbonyl (C=O) groups excluding carboxylic acids is 2. The van der Waals surface area contributed by atoms with Gasteiger partial charge in [-0.2, -0.15) is 13.2 Å². The fourth-order valence-electron chi connectivity index (χ4n) is 2.60. The Kier molecular flexibility index (Phi) is 8.53. The highest BCUT2D eigenvalue weighted by atomic mass is 35.5. The summed E-state index contributed by atoms with van der Waals surface area (Å²) < 4.78 is 58.5. The van der Waals surface area contributed by atoms with Crippen LogP contribution in [0.1, 0.15) is 17.5 Å². The Morgan fingerprint density at radius 2 is 1.69 bits per heavy atom. The first-order valence-corrected chi connectivity index (χ1v) is 9.44. The molecular weight excluding hydrogens is 457 g/mol. The number of carbonyl (C=O) groups is 2. The number of pyridine rings is 1. The lowest BCUT2D eigenvalue weighted by Crippen LogP contribution is -2.22. The average Bonchev–Trinajstić information content (AvgIpc) is 2.75. The van der Waals surface area contributed by atoms with Crippen molar-refractivity contribution in [2.45, 2.75) is 19.0 Å². The number of aromatic nitrogens is 1. The van der Waals surface area contributed by atoms with Crippen molar-refractivity contribution in [3.63, 3.8) is 0 Å². The van der Waals surface area contributed by atoms with Gasteiger partial charge in [-0.1, -0.05) is 11.6 Å². The lowest BCUT2D eigenvalue weighted by molar-refractivity contribution is -0.147. The van der Waals surface area contributed by atoms with E-state index in [9.17, 15) is 22.8 Å². The van der Waals surface area contributed by atoms with Crippen molar-refractivity contribution in [3.05, 3.63) is 40.5 Å². The third-order valence-electron chi connectivity index (χ3n) is 4.13. The maximum atomic E-state index is 12.6. The monoisotopic (exact) mass is 476 g/mol. The Bertz CT molecular complexity index is 959. The predicted octanol–water partition coefficient (Wildman–Crippen LogP) is 3.89. The normalized spacial score (nSPS) is 11.0. The van der Waals surface area contributed by atoms with Gasteiger partial charge in [-0.15, -0.1) is 0 Å². The zero-order valence-corrected chi connectivity index (χ0v) is 18.1. The number of esters is 1. The van der Waals surface area contributed by atoms with E-state index in [1.165, 1.54) is 21.3 Å². The SMILES string of the molecule is COc1cc(CCC(=O)OCC(=O)Nc2ncc(C(F)(F)F)cc2Cl)cc(OC)c1OC. The number of hydrogen-bond acceptors (Lipinski definition) is 7. The van der Waals surface area contributed by atoms with Gasteiger partial charge in [-0.3, -0.25) is 9.59 Å². The number of nitrogens with zero attached hydrogens (tertiary/aromatic N) is 1. The largest absolute Gasteiger partial charge is 0.493 e. The zero-order valence-electron chi connectivity index (χ0n) is 17.3. The summed E-state index contributed by atoms with van der Waals surface area (Å²) in [6.45, 7) is -0.660. The number of methoxy groups -OCH3 is 3. The third kappa shape index (κ3) is 6.64. The van der Waals surface area contributed by atoms with Crippen molar-refractivity contribution in [3.8, 4) is 17.2 Å². The molecule has 0 saturated carbocycles. The number of anilines is 1. The number of alkyl halides is 3. The van der Waals surface area contributed by atoms with Crippen LogP contribution in [0.25, 0.3) is 0 Å². The topological polar surface area (TPSA) is 96.0 Å². The Balaban J connectivity index is 1.89. The van der Waals surface area contributed by atoms with Gasteiger partial charge in [0.15, 0.2) is 23.9 Å². The van der Waals surface area contributed by atoms with E-state index in [2.05, 4.69) is 10.3 Å². The van der Waals surface area contributed by atoms with Crippen molar-refractivity contribution in [1.82, 2.24) is 4.98 Å². The molecule has 0 fully saturated rings. The first-order valence-electron chi connectivity index (χ1n) is 9.06. The summed E-state index contributed by atoms with van der Waals surface area (Å²) in [5.41, 5.74) is -0.347. The summed E-state index contributed by atoms with van der Waals surface area (Å²) in [5, 5.41) is 1.79. The molecule has 8 nitrogen and oxygen atoms in total. The molecule has 0 unspecified atom stereocenters. The minimum absolute atomic E-state index is 0.0504. The van der Waals surface area contributed by atoms with E-state index >= 15 is 0 Å². The summed E-state index contributed by atoms with van der Waals surface area (Å²) in [5.74, 6) is -0.488. The van der Waals surface area contributed by atoms with Crippen LogP contribution in [0.15, 0.2) is 24.4 Å². The molecule has 174 valence electrons. The standard InChI is InChI=1S/C20H20ClF3N2O6/c1-29-14-6-11(7-15(30-2)18(14)31-3)4-5-17(28)32-10-16(27)26-19-13(21)8-12(9-25-19)20(22,23)24/h6-9H,4-5,10H2,1-3H3,(H,25,26,27). The van der Waals surface area contributed by atoms with E-state index in [1.54, 1.807) is 12.1 Å². The van der Waals surface area contributed by atoms with Crippen LogP contribution in [0, 0.1) is 0 Å². The average molecular weight is 477 g/mol. The van der Waals surface area contributed by atoms with E-state index in [1.807, 2.05) is 0 Å². The highest BCUT2D eigenvalue weighted by molar-refractivity contribution is 6.33. The molecule has 32 heavy (non-hydrogen) atoms. The van der Waals surface area contributed by atoms with Crippen molar-refractivity contribution < 1.29 is 41.7 Å². The molecule has 0 bridgehead atoms. The number of hydrogen-bond donors (Lipinski definition) is 1. The van der Waals surface area contributed by atoms with Crippen LogP contribution in [-0.4, -0.2) is 44.8 Å². The molecule has 1 aromatic heterocycles. The number of amides is 1. The van der Waals surface area contributed by atoms with Gasteiger partial charge < -0.3 is 24.3 Å². The summed E-state index contributed by atoms with van der Waals surface area (Å²) in [7, 11) is 4.40. The minimum atomic E-state index is -4.62. The van der Waals surface area contributed by atoms with E-state index in [0.29, 0.717) is 35.1 Å². The third-order valence-corrected chi connectivity index (χ3v) is 4.42. The first kappa shape index (κ1) is 25.1. The summed E-state index contributed by atoms with van der Waals surface area (Å²) in [4.78, 5) is 27.4. The molecule has 0 saturated heterocycles. The quantitative estimate of drug-likeness (QED) is 0.548. The molecule has 1 N–H and O–H groups in total. The van der Waals surface area contributed by atoms with Gasteiger partial charge in [-0.05, 0) is 30.2 Å². The van der Waals surface area contributed by atoms with Gasteiger partial charge in [0.05, 0.1) is 31.9 Å². The van der Waals surface area contributed by atoms with E-state index in [0.717, 1.165) is 0 Å². The molecule has 1 amide bonds. The fourth-order valence-corrected chi connectivity index (χ4v) is 2.81. The van der Waals surface area contributed by atoms with Gasteiger partial charge >= 0.3 is 12.1 Å². The van der Waals surface area contributed by atoms with Crippen molar-refractivity contribution >= 4 is 29.3 Å². The highest BCUT2D eigenvalue weighted by Gasteiger charge is 2.31. The number of benzene rings is 1. The van der Waals surface area contributed by atoms with Crippen LogP contribution < -0.4 is 19.5 Å². The Morgan fingerprint density at radius 1 is 1.06 bits per heavy atom. The number of ether oxygens (including phenoxy) is 4. The summed E-state index contributed by atoms with van der Waals surface area (Å²) in [6, 6.07) is 3.99. The van der Waals surface area contributed by atoms with Gasteiger partial charge in [0.25, 0.3) is 5.91 Å². The highest BCUT2D eigenvalue weighted by Crippen LogP contribution is 2.38. The second-order valence-electron chi connectivity index (χ2n) is 6.29. The molecule has 0 atom stereocenters. The number of rotatable bonds is 9. The molecule has 0 spiro atoms. The number of halogens is 4. The van der Waals surface area contributed by atoms with Crippen LogP contribution >= 0.6 is 11.6 Å². The van der Waals surface area contributed by atoms with E-state index < -0.39 is 35.2 Å². The lowest BCUT2D eigenvalue weighted by atomic mass is 10.1. The Labute approximate surface area is 186 Å². The van der Waals surface area contributed by atoms with Crippen LogP contribution in [0.5, 0.6) is 17.2 Å². The van der Waals surface area contributed by atoms with Crippen molar-refractivity contribution in [2.75, 3.05) is 33.3 Å². The fraction of sp³-hybridized carbons (Fsp3) is 0.350. The van der Waals surface area contributed by atoms with Gasteiger partial charge in [0.1, 0.15) is 0 Å². The van der Waals surface area contributed by atoms with E-state index in [4.69, 9.17) is 30.5 Å². The summed E-state index contributed by atoms with van der Waals surface area (Å²) in [6.07, 6.45) is -3.87. The van der Waals surface area contributed by atoms with Crippen molar-refractivity contribution in [2.24, 2.45) is 0 Å². The smallest absolute Gasteiger partial charge is 0.417 e. The Hall–Kier alpha value is -3.21. The second kappa shape index (κ2) is 10.9.